The molecule has 0 bridgehead atoms. The van der Waals surface area contributed by atoms with Gasteiger partial charge in [0.1, 0.15) is 5.67 Å². The first kappa shape index (κ1) is 13.2. The molecule has 2 heterocycles. The number of aromatic nitrogens is 1. The summed E-state index contributed by atoms with van der Waals surface area (Å²) >= 11 is 1.00. The predicted octanol–water partition coefficient (Wildman–Crippen LogP) is 1.93. The summed E-state index contributed by atoms with van der Waals surface area (Å²) in [6.45, 7) is 4.61. The van der Waals surface area contributed by atoms with Crippen LogP contribution in [0.5, 0.6) is 0 Å². The average molecular weight is 273 g/mol. The van der Waals surface area contributed by atoms with Crippen LogP contribution >= 0.6 is 11.5 Å². The second kappa shape index (κ2) is 4.17. The molecule has 1 saturated heterocycles. The van der Waals surface area contributed by atoms with E-state index in [1.165, 1.54) is 29.7 Å². The Morgan fingerprint density at radius 2 is 2.17 bits per heavy atom. The number of carbonyl (C=O) groups is 1. The van der Waals surface area contributed by atoms with Crippen LogP contribution in [0.4, 0.5) is 15.0 Å². The third kappa shape index (κ3) is 1.97. The van der Waals surface area contributed by atoms with Crippen molar-refractivity contribution in [1.29, 1.82) is 0 Å². The zero-order valence-corrected chi connectivity index (χ0v) is 11.5. The molecule has 2 rings (SSSR count). The summed E-state index contributed by atoms with van der Waals surface area (Å²) in [5.41, 5.74) is -1.50. The van der Waals surface area contributed by atoms with Gasteiger partial charge in [0.15, 0.2) is 12.0 Å². The Hall–Kier alpha value is -1.21. The number of amides is 2. The highest BCUT2D eigenvalue weighted by atomic mass is 32.1. The van der Waals surface area contributed by atoms with Crippen molar-refractivity contribution in [2.24, 2.45) is 0 Å². The number of alkyl halides is 1. The maximum absolute atomic E-state index is 13.8. The lowest BCUT2D eigenvalue weighted by molar-refractivity contribution is 0.138. The molecular formula is C11H16FN3O2S. The molecule has 1 fully saturated rings. The predicted molar refractivity (Wildman–Crippen MR) is 67.4 cm³/mol. The lowest BCUT2D eigenvalue weighted by atomic mass is 10.1. The minimum atomic E-state index is -1.50. The Bertz CT molecular complexity index is 471. The van der Waals surface area contributed by atoms with Crippen molar-refractivity contribution >= 4 is 23.4 Å². The van der Waals surface area contributed by atoms with Gasteiger partial charge in [0.2, 0.25) is 0 Å². The quantitative estimate of drug-likeness (QED) is 0.895. The van der Waals surface area contributed by atoms with E-state index >= 15 is 0 Å². The summed E-state index contributed by atoms with van der Waals surface area (Å²) in [6, 6.07) is 0.863. The van der Waals surface area contributed by atoms with Crippen LogP contribution in [-0.4, -0.2) is 39.7 Å². The number of urea groups is 1. The SMILES string of the molecule is CC1C(O)N(c2cc(C(C)(C)F)sn2)C(=O)N1C. The normalized spacial score (nSPS) is 25.1. The van der Waals surface area contributed by atoms with Crippen molar-refractivity contribution in [3.63, 3.8) is 0 Å². The molecule has 7 heteroatoms. The molecule has 18 heavy (non-hydrogen) atoms. The summed E-state index contributed by atoms with van der Waals surface area (Å²) in [7, 11) is 1.61. The Labute approximate surface area is 109 Å². The van der Waals surface area contributed by atoms with Gasteiger partial charge >= 0.3 is 6.03 Å². The molecule has 2 atom stereocenters. The highest BCUT2D eigenvalue weighted by Crippen LogP contribution is 2.34. The van der Waals surface area contributed by atoms with E-state index in [-0.39, 0.29) is 12.1 Å². The highest BCUT2D eigenvalue weighted by Gasteiger charge is 2.42. The molecule has 2 unspecified atom stereocenters. The number of carbonyl (C=O) groups excluding carboxylic acids is 1. The second-order valence-corrected chi connectivity index (χ2v) is 5.74. The van der Waals surface area contributed by atoms with E-state index in [4.69, 9.17) is 0 Å². The fraction of sp³-hybridized carbons (Fsp3) is 0.636. The fourth-order valence-electron chi connectivity index (χ4n) is 1.77. The monoisotopic (exact) mass is 273 g/mol. The van der Waals surface area contributed by atoms with Crippen molar-refractivity contribution in [2.75, 3.05) is 11.9 Å². The number of nitrogens with zero attached hydrogens (tertiary/aromatic N) is 3. The molecule has 100 valence electrons. The van der Waals surface area contributed by atoms with Gasteiger partial charge < -0.3 is 10.0 Å². The van der Waals surface area contributed by atoms with Gasteiger partial charge in [-0.2, -0.15) is 4.37 Å². The summed E-state index contributed by atoms with van der Waals surface area (Å²) < 4.78 is 17.8. The number of likely N-dealkylation sites (N-methyl/N-ethyl adjacent to an activating group) is 1. The summed E-state index contributed by atoms with van der Waals surface area (Å²) in [5, 5.41) is 10.00. The molecule has 0 spiro atoms. The van der Waals surface area contributed by atoms with Crippen molar-refractivity contribution in [3.05, 3.63) is 10.9 Å². The van der Waals surface area contributed by atoms with Crippen LogP contribution < -0.4 is 4.90 Å². The first-order chi connectivity index (χ1) is 8.23. The zero-order valence-electron chi connectivity index (χ0n) is 10.7. The maximum Gasteiger partial charge on any atom is 0.328 e. The molecule has 0 aliphatic carbocycles. The minimum absolute atomic E-state index is 0.300. The van der Waals surface area contributed by atoms with Crippen LogP contribution in [0.15, 0.2) is 6.07 Å². The molecule has 1 aliphatic rings. The largest absolute Gasteiger partial charge is 0.371 e. The van der Waals surface area contributed by atoms with Crippen molar-refractivity contribution in [1.82, 2.24) is 9.27 Å². The molecule has 1 aliphatic heterocycles. The lowest BCUT2D eigenvalue weighted by Gasteiger charge is -2.17. The molecule has 2 amide bonds. The van der Waals surface area contributed by atoms with Crippen molar-refractivity contribution in [2.45, 2.75) is 38.7 Å². The standard InChI is InChI=1S/C11H16FN3O2S/c1-6-9(16)15(10(17)14(6)4)8-5-7(18-13-8)11(2,3)12/h5-6,9,16H,1-4H3. The molecule has 1 N–H and O–H groups in total. The molecule has 5 nitrogen and oxygen atoms in total. The number of hydrogen-bond acceptors (Lipinski definition) is 4. The number of aliphatic hydroxyl groups is 1. The zero-order chi connectivity index (χ0) is 13.7. The van der Waals surface area contributed by atoms with Gasteiger partial charge in [-0.15, -0.1) is 0 Å². The maximum atomic E-state index is 13.8. The van der Waals surface area contributed by atoms with Crippen LogP contribution in [0.1, 0.15) is 25.6 Å². The van der Waals surface area contributed by atoms with Crippen LogP contribution in [0.2, 0.25) is 0 Å². The Balaban J connectivity index is 2.33. The number of rotatable bonds is 2. The van der Waals surface area contributed by atoms with Crippen LogP contribution in [-0.2, 0) is 5.67 Å². The van der Waals surface area contributed by atoms with E-state index in [2.05, 4.69) is 4.37 Å². The van der Waals surface area contributed by atoms with Crippen molar-refractivity contribution < 1.29 is 14.3 Å². The van der Waals surface area contributed by atoms with Gasteiger partial charge in [-0.25, -0.2) is 14.1 Å². The van der Waals surface area contributed by atoms with E-state index < -0.39 is 11.9 Å². The second-order valence-electron chi connectivity index (χ2n) is 4.94. The topological polar surface area (TPSA) is 56.7 Å². The van der Waals surface area contributed by atoms with E-state index in [0.717, 1.165) is 11.5 Å². The Morgan fingerprint density at radius 1 is 1.56 bits per heavy atom. The van der Waals surface area contributed by atoms with E-state index in [1.54, 1.807) is 14.0 Å². The van der Waals surface area contributed by atoms with E-state index in [9.17, 15) is 14.3 Å². The first-order valence-electron chi connectivity index (χ1n) is 5.63. The molecule has 0 saturated carbocycles. The molecule has 0 aromatic carbocycles. The van der Waals surface area contributed by atoms with E-state index in [1.807, 2.05) is 0 Å². The third-order valence-electron chi connectivity index (χ3n) is 3.15. The van der Waals surface area contributed by atoms with Crippen molar-refractivity contribution in [3.8, 4) is 0 Å². The lowest BCUT2D eigenvalue weighted by Crippen LogP contribution is -2.35. The van der Waals surface area contributed by atoms with Gasteiger partial charge in [-0.1, -0.05) is 0 Å². The molecule has 1 aromatic rings. The van der Waals surface area contributed by atoms with Crippen LogP contribution in [0.25, 0.3) is 0 Å². The fourth-order valence-corrected chi connectivity index (χ4v) is 2.47. The molecule has 0 radical (unpaired) electrons. The number of hydrogen-bond donors (Lipinski definition) is 1. The molecule has 1 aromatic heterocycles. The summed E-state index contributed by atoms with van der Waals surface area (Å²) in [4.78, 5) is 15.0. The van der Waals surface area contributed by atoms with Gasteiger partial charge in [-0.05, 0) is 32.3 Å². The first-order valence-corrected chi connectivity index (χ1v) is 6.41. The number of halogens is 1. The Kier molecular flexibility index (Phi) is 3.06. The molecular weight excluding hydrogens is 257 g/mol. The number of anilines is 1. The van der Waals surface area contributed by atoms with Gasteiger partial charge in [0, 0.05) is 13.1 Å². The smallest absolute Gasteiger partial charge is 0.328 e. The van der Waals surface area contributed by atoms with E-state index in [0.29, 0.717) is 10.7 Å². The average Bonchev–Trinajstić information content (AvgIpc) is 2.81. The summed E-state index contributed by atoms with van der Waals surface area (Å²) in [5.74, 6) is 0.300. The highest BCUT2D eigenvalue weighted by molar-refractivity contribution is 7.06. The van der Waals surface area contributed by atoms with Crippen LogP contribution in [0.3, 0.4) is 0 Å². The third-order valence-corrected chi connectivity index (χ3v) is 4.22. The number of aliphatic hydroxyl groups excluding tert-OH is 1. The summed E-state index contributed by atoms with van der Waals surface area (Å²) in [6.07, 6.45) is -0.958. The van der Waals surface area contributed by atoms with Crippen LogP contribution in [0, 0.1) is 0 Å². The van der Waals surface area contributed by atoms with Gasteiger partial charge in [0.05, 0.1) is 10.9 Å². The minimum Gasteiger partial charge on any atom is -0.371 e. The Morgan fingerprint density at radius 3 is 2.56 bits per heavy atom. The van der Waals surface area contributed by atoms with Gasteiger partial charge in [0.25, 0.3) is 0 Å². The van der Waals surface area contributed by atoms with Gasteiger partial charge in [-0.3, -0.25) is 0 Å².